The lowest BCUT2D eigenvalue weighted by molar-refractivity contribution is -0.119. The van der Waals surface area contributed by atoms with Crippen LogP contribution in [0.1, 0.15) is 18.9 Å². The van der Waals surface area contributed by atoms with E-state index >= 15 is 0 Å². The molecule has 0 radical (unpaired) electrons. The van der Waals surface area contributed by atoms with Crippen molar-refractivity contribution >= 4 is 21.6 Å². The van der Waals surface area contributed by atoms with Gasteiger partial charge in [0.25, 0.3) is 0 Å². The summed E-state index contributed by atoms with van der Waals surface area (Å²) in [5.74, 6) is -0.0134. The molecule has 1 aromatic rings. The molecule has 0 atom stereocenters. The first kappa shape index (κ1) is 15.0. The molecule has 0 aliphatic carbocycles. The molecule has 1 aliphatic heterocycles. The lowest BCUT2D eigenvalue weighted by Gasteiger charge is -2.17. The van der Waals surface area contributed by atoms with E-state index in [1.54, 1.807) is 17.0 Å². The van der Waals surface area contributed by atoms with Crippen molar-refractivity contribution in [2.24, 2.45) is 5.14 Å². The number of primary sulfonamides is 1. The van der Waals surface area contributed by atoms with Gasteiger partial charge < -0.3 is 9.64 Å². The summed E-state index contributed by atoms with van der Waals surface area (Å²) in [6.45, 7) is 3.43. The average molecular weight is 298 g/mol. The van der Waals surface area contributed by atoms with Crippen LogP contribution in [-0.4, -0.2) is 34.1 Å². The van der Waals surface area contributed by atoms with Crippen molar-refractivity contribution < 1.29 is 17.9 Å². The predicted octanol–water partition coefficient (Wildman–Crippen LogP) is 0.650. The van der Waals surface area contributed by atoms with Crippen LogP contribution in [0.4, 0.5) is 5.69 Å². The molecule has 0 saturated heterocycles. The summed E-state index contributed by atoms with van der Waals surface area (Å²) < 4.78 is 27.8. The molecule has 1 amide bonds. The number of fused-ring (bicyclic) bond motifs is 1. The number of hydrogen-bond donors (Lipinski definition) is 1. The highest BCUT2D eigenvalue weighted by Gasteiger charge is 2.25. The van der Waals surface area contributed by atoms with E-state index < -0.39 is 10.0 Å². The number of nitrogens with two attached hydrogens (primary N) is 1. The Balaban J connectivity index is 2.15. The SMILES string of the molecule is CCOCCC(=O)N1CCc2cc(S(N)(=O)=O)ccc21. The first-order valence-electron chi connectivity index (χ1n) is 6.47. The maximum Gasteiger partial charge on any atom is 0.238 e. The number of rotatable bonds is 5. The van der Waals surface area contributed by atoms with Crippen molar-refractivity contribution in [2.45, 2.75) is 24.7 Å². The van der Waals surface area contributed by atoms with Gasteiger partial charge in [-0.25, -0.2) is 13.6 Å². The van der Waals surface area contributed by atoms with Crippen LogP contribution >= 0.6 is 0 Å². The van der Waals surface area contributed by atoms with Gasteiger partial charge in [0.1, 0.15) is 0 Å². The fraction of sp³-hybridized carbons (Fsp3) is 0.462. The molecule has 0 saturated carbocycles. The third-order valence-corrected chi connectivity index (χ3v) is 4.15. The monoisotopic (exact) mass is 298 g/mol. The Morgan fingerprint density at radius 1 is 1.45 bits per heavy atom. The second kappa shape index (κ2) is 5.90. The minimum Gasteiger partial charge on any atom is -0.381 e. The summed E-state index contributed by atoms with van der Waals surface area (Å²) in [6, 6.07) is 4.61. The summed E-state index contributed by atoms with van der Waals surface area (Å²) in [5, 5.41) is 5.10. The van der Waals surface area contributed by atoms with Crippen molar-refractivity contribution in [2.75, 3.05) is 24.7 Å². The molecule has 2 rings (SSSR count). The zero-order chi connectivity index (χ0) is 14.8. The van der Waals surface area contributed by atoms with Gasteiger partial charge in [-0.15, -0.1) is 0 Å². The number of ether oxygens (including phenoxy) is 1. The normalized spacial score (nSPS) is 14.4. The van der Waals surface area contributed by atoms with E-state index in [1.165, 1.54) is 6.07 Å². The predicted molar refractivity (Wildman–Crippen MR) is 75.0 cm³/mol. The smallest absolute Gasteiger partial charge is 0.238 e. The van der Waals surface area contributed by atoms with E-state index in [-0.39, 0.29) is 10.8 Å². The van der Waals surface area contributed by atoms with Crippen molar-refractivity contribution in [1.82, 2.24) is 0 Å². The van der Waals surface area contributed by atoms with E-state index in [2.05, 4.69) is 0 Å². The fourth-order valence-corrected chi connectivity index (χ4v) is 2.82. The standard InChI is InChI=1S/C13H18N2O4S/c1-2-19-8-6-13(16)15-7-5-10-9-11(20(14,17)18)3-4-12(10)15/h3-4,9H,2,5-8H2,1H3,(H2,14,17,18). The highest BCUT2D eigenvalue weighted by atomic mass is 32.2. The Morgan fingerprint density at radius 2 is 2.20 bits per heavy atom. The van der Waals surface area contributed by atoms with Gasteiger partial charge in [-0.3, -0.25) is 4.79 Å². The van der Waals surface area contributed by atoms with Crippen molar-refractivity contribution in [3.63, 3.8) is 0 Å². The van der Waals surface area contributed by atoms with Gasteiger partial charge in [0.2, 0.25) is 15.9 Å². The number of amides is 1. The molecular formula is C13H18N2O4S. The van der Waals surface area contributed by atoms with E-state index in [0.29, 0.717) is 32.6 Å². The van der Waals surface area contributed by atoms with Crippen molar-refractivity contribution in [3.8, 4) is 0 Å². The summed E-state index contributed by atoms with van der Waals surface area (Å²) in [6.07, 6.45) is 0.962. The number of nitrogens with zero attached hydrogens (tertiary/aromatic N) is 1. The maximum absolute atomic E-state index is 12.1. The van der Waals surface area contributed by atoms with Crippen LogP contribution in [0.5, 0.6) is 0 Å². The highest BCUT2D eigenvalue weighted by Crippen LogP contribution is 2.30. The quantitative estimate of drug-likeness (QED) is 0.808. The van der Waals surface area contributed by atoms with Crippen LogP contribution < -0.4 is 10.0 Å². The lowest BCUT2D eigenvalue weighted by Crippen LogP contribution is -2.29. The summed E-state index contributed by atoms with van der Waals surface area (Å²) >= 11 is 0. The Labute approximate surface area is 118 Å². The Bertz CT molecular complexity index is 613. The number of carbonyl (C=O) groups is 1. The van der Waals surface area contributed by atoms with Crippen LogP contribution in [0.15, 0.2) is 23.1 Å². The molecule has 1 aliphatic rings. The number of anilines is 1. The van der Waals surface area contributed by atoms with E-state index in [0.717, 1.165) is 11.3 Å². The van der Waals surface area contributed by atoms with Crippen LogP contribution in [0.25, 0.3) is 0 Å². The largest absolute Gasteiger partial charge is 0.381 e. The summed E-state index contributed by atoms with van der Waals surface area (Å²) in [5.41, 5.74) is 1.60. The molecule has 0 unspecified atom stereocenters. The molecule has 0 aromatic heterocycles. The molecular weight excluding hydrogens is 280 g/mol. The number of carbonyl (C=O) groups excluding carboxylic acids is 1. The first-order valence-corrected chi connectivity index (χ1v) is 8.02. The van der Waals surface area contributed by atoms with Crippen LogP contribution in [0, 0.1) is 0 Å². The Kier molecular flexibility index (Phi) is 4.42. The van der Waals surface area contributed by atoms with Crippen LogP contribution in [0.3, 0.4) is 0 Å². The van der Waals surface area contributed by atoms with Crippen molar-refractivity contribution in [3.05, 3.63) is 23.8 Å². The highest BCUT2D eigenvalue weighted by molar-refractivity contribution is 7.89. The molecule has 0 bridgehead atoms. The number of hydrogen-bond acceptors (Lipinski definition) is 4. The van der Waals surface area contributed by atoms with Gasteiger partial charge in [0.05, 0.1) is 17.9 Å². The van der Waals surface area contributed by atoms with E-state index in [4.69, 9.17) is 9.88 Å². The van der Waals surface area contributed by atoms with Gasteiger partial charge in [-0.2, -0.15) is 0 Å². The van der Waals surface area contributed by atoms with Crippen LogP contribution in [-0.2, 0) is 26.0 Å². The number of sulfonamides is 1. The Morgan fingerprint density at radius 3 is 2.85 bits per heavy atom. The molecule has 110 valence electrons. The zero-order valence-electron chi connectivity index (χ0n) is 11.3. The molecule has 1 heterocycles. The minimum absolute atomic E-state index is 0.0134. The topological polar surface area (TPSA) is 89.7 Å². The van der Waals surface area contributed by atoms with Crippen molar-refractivity contribution in [1.29, 1.82) is 0 Å². The summed E-state index contributed by atoms with van der Waals surface area (Å²) in [4.78, 5) is 13.8. The van der Waals surface area contributed by atoms with Crippen LogP contribution in [0.2, 0.25) is 0 Å². The second-order valence-corrected chi connectivity index (χ2v) is 6.14. The molecule has 6 nitrogen and oxygen atoms in total. The third kappa shape index (κ3) is 3.17. The summed E-state index contributed by atoms with van der Waals surface area (Å²) in [7, 11) is -3.70. The molecule has 20 heavy (non-hydrogen) atoms. The molecule has 0 spiro atoms. The maximum atomic E-state index is 12.1. The molecule has 1 aromatic carbocycles. The lowest BCUT2D eigenvalue weighted by atomic mass is 10.2. The molecule has 0 fully saturated rings. The Hall–Kier alpha value is -1.44. The van der Waals surface area contributed by atoms with E-state index in [9.17, 15) is 13.2 Å². The fourth-order valence-electron chi connectivity index (χ4n) is 2.25. The van der Waals surface area contributed by atoms with Gasteiger partial charge in [-0.1, -0.05) is 0 Å². The molecule has 2 N–H and O–H groups in total. The second-order valence-electron chi connectivity index (χ2n) is 4.58. The van der Waals surface area contributed by atoms with Gasteiger partial charge in [0, 0.05) is 18.8 Å². The first-order chi connectivity index (χ1) is 9.43. The van der Waals surface area contributed by atoms with E-state index in [1.807, 2.05) is 6.92 Å². The van der Waals surface area contributed by atoms with Gasteiger partial charge in [0.15, 0.2) is 0 Å². The number of benzene rings is 1. The van der Waals surface area contributed by atoms with Gasteiger partial charge in [-0.05, 0) is 37.1 Å². The van der Waals surface area contributed by atoms with Gasteiger partial charge >= 0.3 is 0 Å². The molecule has 7 heteroatoms. The zero-order valence-corrected chi connectivity index (χ0v) is 12.1. The third-order valence-electron chi connectivity index (χ3n) is 3.24. The average Bonchev–Trinajstić information content (AvgIpc) is 2.80. The minimum atomic E-state index is -3.70.